The quantitative estimate of drug-likeness (QED) is 0.277. The Morgan fingerprint density at radius 3 is 2.35 bits per heavy atom. The molecule has 4 rings (SSSR count). The number of sulfonamides is 1. The number of halogens is 5. The molecule has 0 radical (unpaired) electrons. The molecule has 17 heteroatoms. The fourth-order valence-corrected chi connectivity index (χ4v) is 4.69. The number of rotatable bonds is 10. The first kappa shape index (κ1) is 29.7. The van der Waals surface area contributed by atoms with E-state index in [-0.39, 0.29) is 42.4 Å². The minimum atomic E-state index is -4.97. The lowest BCUT2D eigenvalue weighted by Crippen LogP contribution is -2.37. The SMILES string of the molecule is NS(=O)(=O)CCCc1nc(Cn2nc(-c3ccc(Cl)cc3)n(C[C@H](O)C(F)(F)F)c2=O)nn1-c1ccccc1Cl. The summed E-state index contributed by atoms with van der Waals surface area (Å²) in [5, 5.41) is 24.0. The van der Waals surface area contributed by atoms with E-state index in [1.807, 2.05) is 0 Å². The third-order valence-corrected chi connectivity index (χ3v) is 7.11. The maximum Gasteiger partial charge on any atom is 0.416 e. The van der Waals surface area contributed by atoms with Crippen molar-refractivity contribution in [1.29, 1.82) is 0 Å². The van der Waals surface area contributed by atoms with E-state index in [9.17, 15) is 31.5 Å². The third kappa shape index (κ3) is 7.09. The predicted octanol–water partition coefficient (Wildman–Crippen LogP) is 2.79. The minimum Gasteiger partial charge on any atom is -0.382 e. The molecular formula is C23H22Cl2F3N7O4S. The molecule has 0 amide bonds. The molecule has 0 aliphatic heterocycles. The van der Waals surface area contributed by atoms with Crippen LogP contribution < -0.4 is 10.8 Å². The van der Waals surface area contributed by atoms with Crippen molar-refractivity contribution in [2.75, 3.05) is 5.75 Å². The number of nitrogens with zero attached hydrogens (tertiary/aromatic N) is 6. The van der Waals surface area contributed by atoms with Crippen LogP contribution in [0, 0.1) is 0 Å². The van der Waals surface area contributed by atoms with E-state index >= 15 is 0 Å². The van der Waals surface area contributed by atoms with Crippen molar-refractivity contribution in [3.63, 3.8) is 0 Å². The van der Waals surface area contributed by atoms with E-state index in [0.717, 1.165) is 4.68 Å². The van der Waals surface area contributed by atoms with Crippen molar-refractivity contribution in [3.8, 4) is 17.1 Å². The molecule has 1 atom stereocenters. The first-order valence-corrected chi connectivity index (χ1v) is 14.1. The van der Waals surface area contributed by atoms with E-state index in [2.05, 4.69) is 15.2 Å². The van der Waals surface area contributed by atoms with Crippen molar-refractivity contribution in [3.05, 3.63) is 80.7 Å². The molecule has 40 heavy (non-hydrogen) atoms. The number of aromatic nitrogens is 6. The van der Waals surface area contributed by atoms with Crippen LogP contribution in [0.15, 0.2) is 53.3 Å². The summed E-state index contributed by atoms with van der Waals surface area (Å²) < 4.78 is 65.1. The van der Waals surface area contributed by atoms with E-state index in [4.69, 9.17) is 28.3 Å². The van der Waals surface area contributed by atoms with Gasteiger partial charge in [0.05, 0.1) is 23.0 Å². The van der Waals surface area contributed by atoms with Crippen LogP contribution in [-0.4, -0.2) is 60.7 Å². The normalized spacial score (nSPS) is 13.1. The van der Waals surface area contributed by atoms with E-state index in [1.54, 1.807) is 24.3 Å². The summed E-state index contributed by atoms with van der Waals surface area (Å²) in [6.45, 7) is -1.45. The second-order valence-electron chi connectivity index (χ2n) is 8.72. The fourth-order valence-electron chi connectivity index (χ4n) is 3.80. The van der Waals surface area contributed by atoms with Gasteiger partial charge >= 0.3 is 11.9 Å². The van der Waals surface area contributed by atoms with Crippen LogP contribution >= 0.6 is 23.2 Å². The maximum absolute atomic E-state index is 13.2. The maximum atomic E-state index is 13.2. The number of hydrogen-bond donors (Lipinski definition) is 2. The monoisotopic (exact) mass is 619 g/mol. The number of hydrogen-bond acceptors (Lipinski definition) is 7. The Hall–Kier alpha value is -3.24. The number of nitrogens with two attached hydrogens (primary N) is 1. The smallest absolute Gasteiger partial charge is 0.382 e. The Morgan fingerprint density at radius 2 is 1.73 bits per heavy atom. The van der Waals surface area contributed by atoms with Crippen molar-refractivity contribution >= 4 is 33.2 Å². The molecule has 4 aromatic rings. The zero-order valence-corrected chi connectivity index (χ0v) is 22.8. The average molecular weight is 620 g/mol. The summed E-state index contributed by atoms with van der Waals surface area (Å²) in [4.78, 5) is 17.6. The molecule has 3 N–H and O–H groups in total. The van der Waals surface area contributed by atoms with Gasteiger partial charge < -0.3 is 5.11 Å². The van der Waals surface area contributed by atoms with Crippen molar-refractivity contribution < 1.29 is 26.7 Å². The van der Waals surface area contributed by atoms with Crippen LogP contribution in [0.4, 0.5) is 13.2 Å². The molecule has 0 saturated carbocycles. The van der Waals surface area contributed by atoms with Crippen molar-refractivity contribution in [2.24, 2.45) is 5.14 Å². The Labute approximate surface area is 235 Å². The summed E-state index contributed by atoms with van der Waals surface area (Å²) in [5.74, 6) is -0.0852. The molecule has 0 bridgehead atoms. The second kappa shape index (κ2) is 11.7. The molecule has 11 nitrogen and oxygen atoms in total. The molecular weight excluding hydrogens is 598 g/mol. The summed E-state index contributed by atoms with van der Waals surface area (Å²) in [6.07, 6.45) is -7.55. The number of primary sulfonamides is 1. The summed E-state index contributed by atoms with van der Waals surface area (Å²) in [5.41, 5.74) is -0.229. The molecule has 214 valence electrons. The van der Waals surface area contributed by atoms with E-state index < -0.39 is 34.5 Å². The lowest BCUT2D eigenvalue weighted by molar-refractivity contribution is -0.207. The van der Waals surface area contributed by atoms with Gasteiger partial charge in [-0.3, -0.25) is 4.57 Å². The van der Waals surface area contributed by atoms with Crippen LogP contribution in [0.1, 0.15) is 18.1 Å². The Balaban J connectivity index is 1.74. The summed E-state index contributed by atoms with van der Waals surface area (Å²) in [6, 6.07) is 12.6. The molecule has 0 unspecified atom stereocenters. The van der Waals surface area contributed by atoms with Gasteiger partial charge in [0.2, 0.25) is 10.0 Å². The Kier molecular flexibility index (Phi) is 8.70. The highest BCUT2D eigenvalue weighted by molar-refractivity contribution is 7.89. The van der Waals surface area contributed by atoms with E-state index in [1.165, 1.54) is 28.9 Å². The second-order valence-corrected chi connectivity index (χ2v) is 11.3. The van der Waals surface area contributed by atoms with Crippen LogP contribution in [0.25, 0.3) is 17.1 Å². The van der Waals surface area contributed by atoms with Gasteiger partial charge in [-0.25, -0.2) is 32.7 Å². The fraction of sp³-hybridized carbons (Fsp3) is 0.304. The van der Waals surface area contributed by atoms with Gasteiger partial charge in [0.25, 0.3) is 0 Å². The standard InChI is InChI=1S/C23H22Cl2F3N7O4S/c24-15-9-7-14(8-10-15)21-32-34(22(37)33(21)12-18(36)23(26,27)28)13-19-30-20(6-3-11-40(29,38)39)35(31-19)17-5-2-1-4-16(17)25/h1-2,4-5,7-10,18,36H,3,6,11-13H2,(H2,29,38,39)/t18-/m0/s1. The van der Waals surface area contributed by atoms with Gasteiger partial charge in [-0.2, -0.15) is 13.2 Å². The van der Waals surface area contributed by atoms with Gasteiger partial charge in [-0.1, -0.05) is 35.3 Å². The number of benzene rings is 2. The Morgan fingerprint density at radius 1 is 1.05 bits per heavy atom. The van der Waals surface area contributed by atoms with Crippen LogP contribution in [0.5, 0.6) is 0 Å². The first-order valence-electron chi connectivity index (χ1n) is 11.6. The largest absolute Gasteiger partial charge is 0.416 e. The highest BCUT2D eigenvalue weighted by Gasteiger charge is 2.39. The number of aryl methyl sites for hydroxylation is 1. The van der Waals surface area contributed by atoms with Crippen molar-refractivity contribution in [2.45, 2.75) is 38.2 Å². The third-order valence-electron chi connectivity index (χ3n) is 5.68. The molecule has 0 spiro atoms. The van der Waals surface area contributed by atoms with Crippen LogP contribution in [-0.2, 0) is 29.5 Å². The van der Waals surface area contributed by atoms with Crippen LogP contribution in [0.2, 0.25) is 10.0 Å². The van der Waals surface area contributed by atoms with Gasteiger partial charge in [0, 0.05) is 17.0 Å². The number of aliphatic hydroxyl groups is 1. The van der Waals surface area contributed by atoms with E-state index in [0.29, 0.717) is 26.1 Å². The zero-order valence-electron chi connectivity index (χ0n) is 20.5. The zero-order chi connectivity index (χ0) is 29.2. The van der Waals surface area contributed by atoms with Gasteiger partial charge in [-0.15, -0.1) is 10.2 Å². The van der Waals surface area contributed by atoms with Gasteiger partial charge in [0.1, 0.15) is 12.4 Å². The molecule has 0 aliphatic carbocycles. The molecule has 2 heterocycles. The predicted molar refractivity (Wildman–Crippen MR) is 141 cm³/mol. The summed E-state index contributed by atoms with van der Waals surface area (Å²) >= 11 is 12.2. The number of aliphatic hydroxyl groups excluding tert-OH is 1. The molecule has 0 saturated heterocycles. The highest BCUT2D eigenvalue weighted by atomic mass is 35.5. The average Bonchev–Trinajstić information content (AvgIpc) is 3.39. The molecule has 0 fully saturated rings. The van der Waals surface area contributed by atoms with Crippen molar-refractivity contribution in [1.82, 2.24) is 29.1 Å². The minimum absolute atomic E-state index is 0.0521. The highest BCUT2D eigenvalue weighted by Crippen LogP contribution is 2.25. The topological polar surface area (TPSA) is 151 Å². The lowest BCUT2D eigenvalue weighted by Gasteiger charge is -2.15. The van der Waals surface area contributed by atoms with Crippen LogP contribution in [0.3, 0.4) is 0 Å². The Bertz CT molecular complexity index is 1670. The molecule has 0 aliphatic rings. The molecule has 2 aromatic carbocycles. The lowest BCUT2D eigenvalue weighted by atomic mass is 10.2. The molecule has 2 aromatic heterocycles. The van der Waals surface area contributed by atoms with Gasteiger partial charge in [0.15, 0.2) is 17.8 Å². The number of para-hydroxylation sites is 1. The van der Waals surface area contributed by atoms with Gasteiger partial charge in [-0.05, 0) is 42.8 Å². The first-order chi connectivity index (χ1) is 18.7. The summed E-state index contributed by atoms with van der Waals surface area (Å²) in [7, 11) is -3.73. The number of alkyl halides is 3.